The minimum absolute atomic E-state index is 0.347. The molecule has 1 aromatic carbocycles. The van der Waals surface area contributed by atoms with Crippen molar-refractivity contribution in [3.05, 3.63) is 23.3 Å². The number of nitrogen functional groups attached to an aromatic ring is 1. The van der Waals surface area contributed by atoms with Crippen molar-refractivity contribution in [1.29, 1.82) is 0 Å². The summed E-state index contributed by atoms with van der Waals surface area (Å²) in [6.07, 6.45) is 8.60. The molecule has 4 heteroatoms. The van der Waals surface area contributed by atoms with Crippen molar-refractivity contribution in [2.24, 2.45) is 5.92 Å². The summed E-state index contributed by atoms with van der Waals surface area (Å²) in [5.74, 6) is 1.30. The summed E-state index contributed by atoms with van der Waals surface area (Å²) in [5.41, 5.74) is 8.45. The molecule has 3 rings (SSSR count). The lowest BCUT2D eigenvalue weighted by Crippen LogP contribution is -2.17. The van der Waals surface area contributed by atoms with E-state index in [9.17, 15) is 4.79 Å². The van der Waals surface area contributed by atoms with Crippen LogP contribution in [0.5, 0.6) is 5.75 Å². The molecule has 4 nitrogen and oxygen atoms in total. The number of carbonyl (C=O) groups excluding carboxylic acids is 1. The van der Waals surface area contributed by atoms with Crippen LogP contribution in [0.4, 0.5) is 5.69 Å². The Morgan fingerprint density at radius 2 is 1.91 bits per heavy atom. The third kappa shape index (κ3) is 3.37. The Hall–Kier alpha value is -1.71. The molecule has 0 aromatic heterocycles. The molecule has 0 heterocycles. The number of anilines is 1. The van der Waals surface area contributed by atoms with Gasteiger partial charge in [-0.2, -0.15) is 0 Å². The molecular weight excluding hydrogens is 278 g/mol. The monoisotopic (exact) mass is 303 g/mol. The minimum Gasteiger partial charge on any atom is -0.492 e. The van der Waals surface area contributed by atoms with Crippen LogP contribution in [0.25, 0.3) is 0 Å². The van der Waals surface area contributed by atoms with E-state index in [0.717, 1.165) is 24.1 Å². The second kappa shape index (κ2) is 6.59. The number of carbonyl (C=O) groups is 1. The van der Waals surface area contributed by atoms with Crippen molar-refractivity contribution in [1.82, 2.24) is 0 Å². The van der Waals surface area contributed by atoms with Crippen molar-refractivity contribution in [2.45, 2.75) is 50.9 Å². The first-order chi connectivity index (χ1) is 10.7. The highest BCUT2D eigenvalue weighted by Crippen LogP contribution is 2.44. The van der Waals surface area contributed by atoms with Crippen molar-refractivity contribution < 1.29 is 14.3 Å². The molecule has 0 radical (unpaired) electrons. The summed E-state index contributed by atoms with van der Waals surface area (Å²) in [5, 5.41) is 0. The Morgan fingerprint density at radius 1 is 1.18 bits per heavy atom. The average molecular weight is 303 g/mol. The van der Waals surface area contributed by atoms with Crippen molar-refractivity contribution in [2.75, 3.05) is 19.5 Å². The first-order valence-electron chi connectivity index (χ1n) is 8.33. The molecule has 2 N–H and O–H groups in total. The number of ether oxygens (including phenoxy) is 2. The Bertz CT molecular complexity index is 546. The second-order valence-electron chi connectivity index (χ2n) is 6.56. The Balaban J connectivity index is 1.78. The molecular formula is C18H25NO3. The van der Waals surface area contributed by atoms with Crippen LogP contribution >= 0.6 is 0 Å². The average Bonchev–Trinajstić information content (AvgIpc) is 3.38. The van der Waals surface area contributed by atoms with Crippen LogP contribution in [0.3, 0.4) is 0 Å². The predicted molar refractivity (Wildman–Crippen MR) is 86.2 cm³/mol. The zero-order chi connectivity index (χ0) is 15.5. The van der Waals surface area contributed by atoms with Crippen molar-refractivity contribution in [3.8, 4) is 5.75 Å². The third-order valence-electron chi connectivity index (χ3n) is 4.81. The number of nitrogens with two attached hydrogens (primary N) is 1. The highest BCUT2D eigenvalue weighted by molar-refractivity contribution is 5.93. The standard InChI is InChI=1S/C18H25NO3/c1-21-18(20)15-9-14(13-7-8-13)16(19)10-17(15)22-11-12-5-3-2-4-6-12/h9-10,12-13H,2-8,11,19H2,1H3. The van der Waals surface area contributed by atoms with E-state index in [1.165, 1.54) is 39.2 Å². The number of benzene rings is 1. The van der Waals surface area contributed by atoms with Gasteiger partial charge in [-0.1, -0.05) is 19.3 Å². The number of rotatable bonds is 5. The van der Waals surface area contributed by atoms with Gasteiger partial charge in [0, 0.05) is 11.8 Å². The summed E-state index contributed by atoms with van der Waals surface area (Å²) in [6, 6.07) is 3.68. The van der Waals surface area contributed by atoms with E-state index in [2.05, 4.69) is 0 Å². The van der Waals surface area contributed by atoms with Crippen LogP contribution in [0, 0.1) is 5.92 Å². The van der Waals surface area contributed by atoms with E-state index in [1.54, 1.807) is 0 Å². The first kappa shape index (κ1) is 15.2. The molecule has 0 atom stereocenters. The smallest absolute Gasteiger partial charge is 0.341 e. The Kier molecular flexibility index (Phi) is 4.55. The lowest BCUT2D eigenvalue weighted by atomic mass is 9.90. The van der Waals surface area contributed by atoms with Gasteiger partial charge in [0.15, 0.2) is 0 Å². The number of hydrogen-bond donors (Lipinski definition) is 1. The summed E-state index contributed by atoms with van der Waals surface area (Å²) in [7, 11) is 1.40. The lowest BCUT2D eigenvalue weighted by Gasteiger charge is -2.22. The van der Waals surface area contributed by atoms with E-state index in [-0.39, 0.29) is 5.97 Å². The van der Waals surface area contributed by atoms with Gasteiger partial charge in [0.2, 0.25) is 0 Å². The minimum atomic E-state index is -0.347. The van der Waals surface area contributed by atoms with Crippen LogP contribution < -0.4 is 10.5 Å². The van der Waals surface area contributed by atoms with Crippen LogP contribution in [-0.2, 0) is 4.74 Å². The van der Waals surface area contributed by atoms with Crippen LogP contribution in [0.15, 0.2) is 12.1 Å². The Morgan fingerprint density at radius 3 is 2.55 bits per heavy atom. The van der Waals surface area contributed by atoms with E-state index < -0.39 is 0 Å². The molecule has 0 aliphatic heterocycles. The molecule has 22 heavy (non-hydrogen) atoms. The SMILES string of the molecule is COC(=O)c1cc(C2CC2)c(N)cc1OCC1CCCCC1. The van der Waals surface area contributed by atoms with Gasteiger partial charge in [-0.3, -0.25) is 0 Å². The van der Waals surface area contributed by atoms with Crippen LogP contribution in [0.1, 0.15) is 66.8 Å². The Labute approximate surface area is 132 Å². The topological polar surface area (TPSA) is 61.5 Å². The van der Waals surface area contributed by atoms with Gasteiger partial charge in [0.25, 0.3) is 0 Å². The van der Waals surface area contributed by atoms with Crippen LogP contribution in [-0.4, -0.2) is 19.7 Å². The zero-order valence-corrected chi connectivity index (χ0v) is 13.3. The third-order valence-corrected chi connectivity index (χ3v) is 4.81. The molecule has 0 unspecified atom stereocenters. The van der Waals surface area contributed by atoms with Gasteiger partial charge < -0.3 is 15.2 Å². The zero-order valence-electron chi connectivity index (χ0n) is 13.3. The fourth-order valence-corrected chi connectivity index (χ4v) is 3.31. The summed E-state index contributed by atoms with van der Waals surface area (Å²) in [6.45, 7) is 0.659. The van der Waals surface area contributed by atoms with Crippen molar-refractivity contribution >= 4 is 11.7 Å². The summed E-state index contributed by atoms with van der Waals surface area (Å²) >= 11 is 0. The van der Waals surface area contributed by atoms with Gasteiger partial charge in [0.1, 0.15) is 11.3 Å². The number of esters is 1. The lowest BCUT2D eigenvalue weighted by molar-refractivity contribution is 0.0594. The van der Waals surface area contributed by atoms with Gasteiger partial charge in [-0.05, 0) is 49.1 Å². The highest BCUT2D eigenvalue weighted by Gasteiger charge is 2.28. The van der Waals surface area contributed by atoms with E-state index in [0.29, 0.717) is 29.8 Å². The number of methoxy groups -OCH3 is 1. The molecule has 1 aromatic rings. The van der Waals surface area contributed by atoms with Gasteiger partial charge in [0.05, 0.1) is 13.7 Å². The van der Waals surface area contributed by atoms with E-state index >= 15 is 0 Å². The maximum absolute atomic E-state index is 12.0. The van der Waals surface area contributed by atoms with Gasteiger partial charge in [-0.15, -0.1) is 0 Å². The second-order valence-corrected chi connectivity index (χ2v) is 6.56. The molecule has 2 aliphatic carbocycles. The maximum Gasteiger partial charge on any atom is 0.341 e. The molecule has 2 aliphatic rings. The van der Waals surface area contributed by atoms with Crippen LogP contribution in [0.2, 0.25) is 0 Å². The molecule has 0 amide bonds. The van der Waals surface area contributed by atoms with Crippen molar-refractivity contribution in [3.63, 3.8) is 0 Å². The fourth-order valence-electron chi connectivity index (χ4n) is 3.31. The number of hydrogen-bond acceptors (Lipinski definition) is 4. The normalized spacial score (nSPS) is 19.0. The highest BCUT2D eigenvalue weighted by atomic mass is 16.5. The molecule has 0 spiro atoms. The maximum atomic E-state index is 12.0. The van der Waals surface area contributed by atoms with E-state index in [1.807, 2.05) is 12.1 Å². The molecule has 120 valence electrons. The summed E-state index contributed by atoms with van der Waals surface area (Å²) in [4.78, 5) is 12.0. The fraction of sp³-hybridized carbons (Fsp3) is 0.611. The predicted octanol–water partition coefficient (Wildman–Crippen LogP) is 3.89. The molecule has 0 bridgehead atoms. The summed E-state index contributed by atoms with van der Waals surface area (Å²) < 4.78 is 10.9. The van der Waals surface area contributed by atoms with Gasteiger partial charge >= 0.3 is 5.97 Å². The molecule has 2 saturated carbocycles. The van der Waals surface area contributed by atoms with E-state index in [4.69, 9.17) is 15.2 Å². The largest absolute Gasteiger partial charge is 0.492 e. The molecule has 0 saturated heterocycles. The first-order valence-corrected chi connectivity index (χ1v) is 8.33. The van der Waals surface area contributed by atoms with Gasteiger partial charge in [-0.25, -0.2) is 4.79 Å². The molecule has 2 fully saturated rings. The quantitative estimate of drug-likeness (QED) is 0.662.